The summed E-state index contributed by atoms with van der Waals surface area (Å²) in [5, 5.41) is 2.61. The van der Waals surface area contributed by atoms with Gasteiger partial charge in [0.2, 0.25) is 0 Å². The minimum absolute atomic E-state index is 0.0880. The largest absolute Gasteiger partial charge is 0.354 e. The van der Waals surface area contributed by atoms with Crippen molar-refractivity contribution in [2.45, 2.75) is 38.5 Å². The number of pyridine rings is 2. The molecule has 1 atom stereocenters. The first-order valence-corrected chi connectivity index (χ1v) is 14.5. The molecule has 0 aliphatic carbocycles. The summed E-state index contributed by atoms with van der Waals surface area (Å²) in [6, 6.07) is 11.8. The van der Waals surface area contributed by atoms with Gasteiger partial charge in [0.1, 0.15) is 29.2 Å². The van der Waals surface area contributed by atoms with E-state index in [1.807, 2.05) is 44.3 Å². The first-order chi connectivity index (χ1) is 20.6. The summed E-state index contributed by atoms with van der Waals surface area (Å²) in [6.45, 7) is 7.89. The van der Waals surface area contributed by atoms with Gasteiger partial charge in [0, 0.05) is 56.7 Å². The third-order valence-corrected chi connectivity index (χ3v) is 8.32. The number of hydrogen-bond donors (Lipinski definition) is 1. The number of piperazine rings is 1. The Hall–Kier alpha value is -4.35. The van der Waals surface area contributed by atoms with Crippen molar-refractivity contribution in [2.24, 2.45) is 0 Å². The molecule has 1 N–H and O–H groups in total. The SMILES string of the molecule is CN1CCN(c2ccc(-c3ccn4c(C(=O)Nc5cc(C(=O)N(C)C6CCC(C)(C)O6)ccc5F)cnc4c3)cn2)CC1. The number of likely N-dealkylation sites (N-methyl/N-ethyl adjacent to an activating group) is 1. The van der Waals surface area contributed by atoms with E-state index in [0.29, 0.717) is 12.1 Å². The molecule has 5 heterocycles. The van der Waals surface area contributed by atoms with Gasteiger partial charge in [-0.1, -0.05) is 0 Å². The molecule has 0 saturated carbocycles. The fourth-order valence-corrected chi connectivity index (χ4v) is 5.61. The van der Waals surface area contributed by atoms with Gasteiger partial charge < -0.3 is 24.8 Å². The average molecular weight is 586 g/mol. The molecule has 2 aliphatic heterocycles. The molecule has 10 nitrogen and oxygen atoms in total. The molecule has 11 heteroatoms. The van der Waals surface area contributed by atoms with Crippen LogP contribution >= 0.6 is 0 Å². The number of nitrogens with one attached hydrogen (secondary N) is 1. The molecular weight excluding hydrogens is 549 g/mol. The molecule has 43 heavy (non-hydrogen) atoms. The fourth-order valence-electron chi connectivity index (χ4n) is 5.61. The summed E-state index contributed by atoms with van der Waals surface area (Å²) in [7, 11) is 3.79. The second-order valence-electron chi connectivity index (χ2n) is 11.9. The van der Waals surface area contributed by atoms with Gasteiger partial charge in [-0.3, -0.25) is 14.0 Å². The van der Waals surface area contributed by atoms with E-state index < -0.39 is 11.7 Å². The topological polar surface area (TPSA) is 95.3 Å². The highest BCUT2D eigenvalue weighted by atomic mass is 19.1. The number of fused-ring (bicyclic) bond motifs is 1. The lowest BCUT2D eigenvalue weighted by Crippen LogP contribution is -2.44. The minimum atomic E-state index is -0.644. The number of nitrogens with zero attached hydrogens (tertiary/aromatic N) is 6. The summed E-state index contributed by atoms with van der Waals surface area (Å²) in [5.41, 5.74) is 2.52. The number of ether oxygens (including phenoxy) is 1. The van der Waals surface area contributed by atoms with Crippen molar-refractivity contribution in [1.29, 1.82) is 0 Å². The Bertz CT molecular complexity index is 1660. The fraction of sp³-hybridized carbons (Fsp3) is 0.375. The van der Waals surface area contributed by atoms with Gasteiger partial charge in [0.05, 0.1) is 17.5 Å². The minimum Gasteiger partial charge on any atom is -0.354 e. The summed E-state index contributed by atoms with van der Waals surface area (Å²) in [6.07, 6.45) is 6.25. The van der Waals surface area contributed by atoms with Crippen LogP contribution in [0.2, 0.25) is 0 Å². The van der Waals surface area contributed by atoms with E-state index in [9.17, 15) is 14.0 Å². The number of hydrogen-bond acceptors (Lipinski definition) is 7. The van der Waals surface area contributed by atoms with Gasteiger partial charge in [-0.25, -0.2) is 14.4 Å². The van der Waals surface area contributed by atoms with E-state index in [-0.39, 0.29) is 34.7 Å². The molecule has 4 aromatic rings. The van der Waals surface area contributed by atoms with Gasteiger partial charge >= 0.3 is 0 Å². The number of rotatable bonds is 6. The van der Waals surface area contributed by atoms with Crippen molar-refractivity contribution in [3.63, 3.8) is 0 Å². The zero-order valence-corrected chi connectivity index (χ0v) is 24.9. The maximum atomic E-state index is 14.8. The molecule has 2 aliphatic rings. The molecule has 0 spiro atoms. The number of aromatic nitrogens is 3. The van der Waals surface area contributed by atoms with Crippen molar-refractivity contribution in [2.75, 3.05) is 50.5 Å². The van der Waals surface area contributed by atoms with Gasteiger partial charge in [-0.2, -0.15) is 0 Å². The van der Waals surface area contributed by atoms with Crippen LogP contribution in [-0.2, 0) is 4.74 Å². The number of benzene rings is 1. The van der Waals surface area contributed by atoms with Crippen LogP contribution in [-0.4, -0.2) is 88.1 Å². The van der Waals surface area contributed by atoms with Gasteiger partial charge in [0.25, 0.3) is 11.8 Å². The van der Waals surface area contributed by atoms with E-state index in [4.69, 9.17) is 4.74 Å². The van der Waals surface area contributed by atoms with Gasteiger partial charge in [-0.05, 0) is 81.8 Å². The molecule has 2 amide bonds. The Morgan fingerprint density at radius 1 is 1.02 bits per heavy atom. The highest BCUT2D eigenvalue weighted by molar-refractivity contribution is 6.04. The smallest absolute Gasteiger partial charge is 0.274 e. The summed E-state index contributed by atoms with van der Waals surface area (Å²) >= 11 is 0. The van der Waals surface area contributed by atoms with Crippen LogP contribution in [0.25, 0.3) is 16.8 Å². The predicted molar refractivity (Wildman–Crippen MR) is 163 cm³/mol. The van der Waals surface area contributed by atoms with Crippen molar-refractivity contribution >= 4 is 29.0 Å². The van der Waals surface area contributed by atoms with E-state index in [1.165, 1.54) is 29.3 Å². The second-order valence-corrected chi connectivity index (χ2v) is 11.9. The van der Waals surface area contributed by atoms with Gasteiger partial charge in [0.15, 0.2) is 0 Å². The summed E-state index contributed by atoms with van der Waals surface area (Å²) in [4.78, 5) is 41.6. The highest BCUT2D eigenvalue weighted by Gasteiger charge is 2.36. The first-order valence-electron chi connectivity index (χ1n) is 14.5. The Labute approximate surface area is 250 Å². The standard InChI is InChI=1S/C32H36FN7O3/c1-32(2)11-9-29(43-32)38(4)31(42)22-5-7-24(33)25(17-22)36-30(41)26-20-35-28-18-21(10-12-40(26)28)23-6-8-27(34-19-23)39-15-13-37(3)14-16-39/h5-8,10,12,17-20,29H,9,11,13-16H2,1-4H3,(H,36,41). The molecule has 0 bridgehead atoms. The monoisotopic (exact) mass is 585 g/mol. The molecule has 2 saturated heterocycles. The van der Waals surface area contributed by atoms with Crippen molar-refractivity contribution < 1.29 is 18.7 Å². The molecule has 3 aromatic heterocycles. The lowest BCUT2D eigenvalue weighted by molar-refractivity contribution is -0.0707. The number of halogens is 1. The lowest BCUT2D eigenvalue weighted by Gasteiger charge is -2.33. The Balaban J connectivity index is 1.16. The first kappa shape index (κ1) is 28.8. The molecule has 1 unspecified atom stereocenters. The normalized spacial score (nSPS) is 18.6. The van der Waals surface area contributed by atoms with Gasteiger partial charge in [-0.15, -0.1) is 0 Å². The Morgan fingerprint density at radius 2 is 1.81 bits per heavy atom. The molecule has 224 valence electrons. The molecule has 2 fully saturated rings. The quantitative estimate of drug-likeness (QED) is 0.355. The number of carbonyl (C=O) groups excluding carboxylic acids is 2. The average Bonchev–Trinajstić information content (AvgIpc) is 3.60. The van der Waals surface area contributed by atoms with Crippen LogP contribution in [0.4, 0.5) is 15.9 Å². The summed E-state index contributed by atoms with van der Waals surface area (Å²) in [5.74, 6) is -0.546. The molecule has 6 rings (SSSR count). The second kappa shape index (κ2) is 11.4. The Kier molecular flexibility index (Phi) is 7.61. The van der Waals surface area contributed by atoms with Crippen LogP contribution in [0.15, 0.2) is 61.1 Å². The highest BCUT2D eigenvalue weighted by Crippen LogP contribution is 2.31. The maximum absolute atomic E-state index is 14.8. The van der Waals surface area contributed by atoms with Crippen molar-refractivity contribution in [3.8, 4) is 11.1 Å². The van der Waals surface area contributed by atoms with Crippen LogP contribution in [0.3, 0.4) is 0 Å². The van der Waals surface area contributed by atoms with E-state index in [1.54, 1.807) is 17.6 Å². The van der Waals surface area contributed by atoms with Crippen molar-refractivity contribution in [1.82, 2.24) is 24.2 Å². The third-order valence-electron chi connectivity index (χ3n) is 8.32. The van der Waals surface area contributed by atoms with Crippen LogP contribution in [0.5, 0.6) is 0 Å². The van der Waals surface area contributed by atoms with Crippen LogP contribution < -0.4 is 10.2 Å². The predicted octanol–water partition coefficient (Wildman–Crippen LogP) is 4.53. The third kappa shape index (κ3) is 5.95. The van der Waals surface area contributed by atoms with E-state index in [2.05, 4.69) is 32.1 Å². The molecular formula is C32H36FN7O3. The maximum Gasteiger partial charge on any atom is 0.274 e. The Morgan fingerprint density at radius 3 is 2.51 bits per heavy atom. The lowest BCUT2D eigenvalue weighted by atomic mass is 10.1. The van der Waals surface area contributed by atoms with E-state index >= 15 is 0 Å². The number of carbonyl (C=O) groups is 2. The van der Waals surface area contributed by atoms with Crippen LogP contribution in [0.1, 0.15) is 47.5 Å². The van der Waals surface area contributed by atoms with Crippen molar-refractivity contribution in [3.05, 3.63) is 78.1 Å². The van der Waals surface area contributed by atoms with Crippen LogP contribution in [0, 0.1) is 5.82 Å². The number of anilines is 2. The molecule has 1 aromatic carbocycles. The number of imidazole rings is 1. The number of amides is 2. The molecule has 0 radical (unpaired) electrons. The zero-order chi connectivity index (χ0) is 30.3. The zero-order valence-electron chi connectivity index (χ0n) is 24.9. The van der Waals surface area contributed by atoms with E-state index in [0.717, 1.165) is 49.5 Å². The summed E-state index contributed by atoms with van der Waals surface area (Å²) < 4.78 is 22.4.